The van der Waals surface area contributed by atoms with Crippen molar-refractivity contribution in [3.63, 3.8) is 0 Å². The van der Waals surface area contributed by atoms with Crippen molar-refractivity contribution in [3.8, 4) is 0 Å². The molecule has 3 heteroatoms. The lowest BCUT2D eigenvalue weighted by atomic mass is 9.64. The molecule has 0 amide bonds. The summed E-state index contributed by atoms with van der Waals surface area (Å²) in [5.41, 5.74) is 0.0710. The topological polar surface area (TPSA) is 35.5 Å². The second-order valence-corrected chi connectivity index (χ2v) is 5.59. The van der Waals surface area contributed by atoms with E-state index >= 15 is 0 Å². The molecule has 1 fully saturated rings. The van der Waals surface area contributed by atoms with Gasteiger partial charge in [-0.1, -0.05) is 13.8 Å². The van der Waals surface area contributed by atoms with Crippen LogP contribution in [0, 0.1) is 5.41 Å². The number of hydrogen-bond acceptors (Lipinski definition) is 3. The second-order valence-electron chi connectivity index (χ2n) is 5.59. The van der Waals surface area contributed by atoms with Crippen molar-refractivity contribution < 1.29 is 5.11 Å². The van der Waals surface area contributed by atoms with Gasteiger partial charge < -0.3 is 15.3 Å². The Hall–Kier alpha value is -0.120. The molecule has 0 heterocycles. The van der Waals surface area contributed by atoms with Gasteiger partial charge >= 0.3 is 0 Å². The summed E-state index contributed by atoms with van der Waals surface area (Å²) in [6.45, 7) is 6.52. The minimum Gasteiger partial charge on any atom is -0.392 e. The third-order valence-electron chi connectivity index (χ3n) is 3.64. The van der Waals surface area contributed by atoms with Crippen LogP contribution in [0.4, 0.5) is 0 Å². The maximum absolute atomic E-state index is 9.57. The Morgan fingerprint density at radius 2 is 2.00 bits per heavy atom. The number of aliphatic hydroxyl groups excluding tert-OH is 1. The van der Waals surface area contributed by atoms with Gasteiger partial charge in [0.05, 0.1) is 6.10 Å². The molecule has 1 saturated carbocycles. The highest BCUT2D eigenvalue weighted by Crippen LogP contribution is 2.40. The van der Waals surface area contributed by atoms with Gasteiger partial charge in [0.15, 0.2) is 0 Å². The highest BCUT2D eigenvalue weighted by molar-refractivity contribution is 5.01. The van der Waals surface area contributed by atoms with Crippen molar-refractivity contribution in [1.82, 2.24) is 10.2 Å². The molecular weight excluding hydrogens is 188 g/mol. The summed E-state index contributed by atoms with van der Waals surface area (Å²) >= 11 is 0. The van der Waals surface area contributed by atoms with Crippen LogP contribution in [0.1, 0.15) is 33.1 Å². The van der Waals surface area contributed by atoms with Crippen molar-refractivity contribution in [2.24, 2.45) is 5.41 Å². The van der Waals surface area contributed by atoms with Crippen LogP contribution in [0.2, 0.25) is 0 Å². The van der Waals surface area contributed by atoms with Crippen LogP contribution < -0.4 is 5.32 Å². The van der Waals surface area contributed by atoms with E-state index in [1.807, 2.05) is 0 Å². The zero-order valence-electron chi connectivity index (χ0n) is 10.6. The minimum absolute atomic E-state index is 0.0710. The van der Waals surface area contributed by atoms with Gasteiger partial charge in [0.1, 0.15) is 0 Å². The molecule has 3 nitrogen and oxygen atoms in total. The first-order chi connectivity index (χ1) is 6.94. The molecule has 0 aromatic carbocycles. The Morgan fingerprint density at radius 3 is 2.47 bits per heavy atom. The molecule has 0 aromatic heterocycles. The van der Waals surface area contributed by atoms with Crippen LogP contribution in [0.25, 0.3) is 0 Å². The Labute approximate surface area is 93.9 Å². The molecule has 2 N–H and O–H groups in total. The molecule has 90 valence electrons. The van der Waals surface area contributed by atoms with Crippen molar-refractivity contribution >= 4 is 0 Å². The summed E-state index contributed by atoms with van der Waals surface area (Å²) in [7, 11) is 4.22. The van der Waals surface area contributed by atoms with E-state index in [9.17, 15) is 5.11 Å². The summed E-state index contributed by atoms with van der Waals surface area (Å²) in [6.07, 6.45) is 3.27. The summed E-state index contributed by atoms with van der Waals surface area (Å²) in [6, 6.07) is 0.506. The Bertz CT molecular complexity index is 192. The lowest BCUT2D eigenvalue weighted by Crippen LogP contribution is -2.60. The fraction of sp³-hybridized carbons (Fsp3) is 1.00. The summed E-state index contributed by atoms with van der Waals surface area (Å²) in [5, 5.41) is 13.1. The average Bonchev–Trinajstić information content (AvgIpc) is 2.15. The standard InChI is InChI=1S/C12H26N2O/c1-12(2)10(9-11(12)15)13-7-5-6-8-14(3)4/h10-11,13,15H,5-9H2,1-4H3. The first kappa shape index (κ1) is 12.9. The third kappa shape index (κ3) is 3.44. The summed E-state index contributed by atoms with van der Waals surface area (Å²) in [5.74, 6) is 0. The Balaban J connectivity index is 2.02. The van der Waals surface area contributed by atoms with E-state index in [-0.39, 0.29) is 11.5 Å². The van der Waals surface area contributed by atoms with Gasteiger partial charge in [0, 0.05) is 11.5 Å². The number of rotatable bonds is 6. The number of hydrogen-bond donors (Lipinski definition) is 2. The predicted molar refractivity (Wildman–Crippen MR) is 64.0 cm³/mol. The Kier molecular flexibility index (Phi) is 4.56. The van der Waals surface area contributed by atoms with Gasteiger partial charge in [0.2, 0.25) is 0 Å². The smallest absolute Gasteiger partial charge is 0.0621 e. The molecule has 0 radical (unpaired) electrons. The zero-order valence-corrected chi connectivity index (χ0v) is 10.6. The first-order valence-electron chi connectivity index (χ1n) is 6.00. The minimum atomic E-state index is -0.114. The Morgan fingerprint density at radius 1 is 1.33 bits per heavy atom. The molecule has 2 unspecified atom stereocenters. The highest BCUT2D eigenvalue weighted by atomic mass is 16.3. The van der Waals surface area contributed by atoms with E-state index in [4.69, 9.17) is 0 Å². The fourth-order valence-corrected chi connectivity index (χ4v) is 2.08. The third-order valence-corrected chi connectivity index (χ3v) is 3.64. The SMILES string of the molecule is CN(C)CCCCNC1CC(O)C1(C)C. The van der Waals surface area contributed by atoms with E-state index in [1.54, 1.807) is 0 Å². The zero-order chi connectivity index (χ0) is 11.5. The van der Waals surface area contributed by atoms with Crippen LogP contribution in [-0.2, 0) is 0 Å². The van der Waals surface area contributed by atoms with Gasteiger partial charge in [-0.15, -0.1) is 0 Å². The van der Waals surface area contributed by atoms with Crippen LogP contribution in [0.3, 0.4) is 0 Å². The number of aliphatic hydroxyl groups is 1. The molecule has 0 aromatic rings. The van der Waals surface area contributed by atoms with E-state index in [0.717, 1.165) is 13.0 Å². The van der Waals surface area contributed by atoms with E-state index in [1.165, 1.54) is 19.4 Å². The normalized spacial score (nSPS) is 29.2. The van der Waals surface area contributed by atoms with Gasteiger partial charge in [-0.25, -0.2) is 0 Å². The van der Waals surface area contributed by atoms with Crippen LogP contribution in [0.15, 0.2) is 0 Å². The van der Waals surface area contributed by atoms with Gasteiger partial charge in [-0.2, -0.15) is 0 Å². The van der Waals surface area contributed by atoms with E-state index in [2.05, 4.69) is 38.2 Å². The molecular formula is C12H26N2O. The highest BCUT2D eigenvalue weighted by Gasteiger charge is 2.46. The maximum atomic E-state index is 9.57. The van der Waals surface area contributed by atoms with Gasteiger partial charge in [0.25, 0.3) is 0 Å². The van der Waals surface area contributed by atoms with Gasteiger partial charge in [-0.3, -0.25) is 0 Å². The van der Waals surface area contributed by atoms with Crippen LogP contribution in [-0.4, -0.2) is 49.3 Å². The van der Waals surface area contributed by atoms with E-state index < -0.39 is 0 Å². The molecule has 1 aliphatic rings. The van der Waals surface area contributed by atoms with Crippen molar-refractivity contribution in [2.75, 3.05) is 27.2 Å². The van der Waals surface area contributed by atoms with Crippen molar-refractivity contribution in [2.45, 2.75) is 45.3 Å². The lowest BCUT2D eigenvalue weighted by molar-refractivity contribution is -0.0722. The number of nitrogens with one attached hydrogen (secondary N) is 1. The molecule has 1 rings (SSSR count). The second kappa shape index (κ2) is 5.28. The monoisotopic (exact) mass is 214 g/mol. The van der Waals surface area contributed by atoms with Crippen LogP contribution >= 0.6 is 0 Å². The number of unbranched alkanes of at least 4 members (excludes halogenated alkanes) is 1. The largest absolute Gasteiger partial charge is 0.392 e. The summed E-state index contributed by atoms with van der Waals surface area (Å²) in [4.78, 5) is 2.22. The predicted octanol–water partition coefficient (Wildman–Crippen LogP) is 1.08. The van der Waals surface area contributed by atoms with Crippen LogP contribution in [0.5, 0.6) is 0 Å². The molecule has 0 spiro atoms. The molecule has 0 aliphatic heterocycles. The van der Waals surface area contributed by atoms with Gasteiger partial charge in [-0.05, 0) is 46.4 Å². The van der Waals surface area contributed by atoms with Crippen molar-refractivity contribution in [3.05, 3.63) is 0 Å². The lowest BCUT2D eigenvalue weighted by Gasteiger charge is -2.49. The molecule has 0 bridgehead atoms. The first-order valence-corrected chi connectivity index (χ1v) is 6.00. The average molecular weight is 214 g/mol. The maximum Gasteiger partial charge on any atom is 0.0621 e. The molecule has 0 saturated heterocycles. The van der Waals surface area contributed by atoms with E-state index in [0.29, 0.717) is 6.04 Å². The number of nitrogens with zero attached hydrogens (tertiary/aromatic N) is 1. The van der Waals surface area contributed by atoms with Crippen molar-refractivity contribution in [1.29, 1.82) is 0 Å². The fourth-order valence-electron chi connectivity index (χ4n) is 2.08. The molecule has 15 heavy (non-hydrogen) atoms. The summed E-state index contributed by atoms with van der Waals surface area (Å²) < 4.78 is 0. The molecule has 2 atom stereocenters. The quantitative estimate of drug-likeness (QED) is 0.649. The molecule has 1 aliphatic carbocycles.